The van der Waals surface area contributed by atoms with Crippen LogP contribution < -0.4 is 10.2 Å². The van der Waals surface area contributed by atoms with Crippen LogP contribution in [0.2, 0.25) is 0 Å². The number of alkyl carbamates (subject to hydrolysis) is 1. The first kappa shape index (κ1) is 27.9. The number of aromatic nitrogens is 4. The number of ether oxygens (including phenoxy) is 2. The molecule has 0 fully saturated rings. The van der Waals surface area contributed by atoms with E-state index in [9.17, 15) is 14.7 Å². The zero-order valence-corrected chi connectivity index (χ0v) is 23.6. The average Bonchev–Trinajstić information content (AvgIpc) is 3.43. The van der Waals surface area contributed by atoms with Crippen molar-refractivity contribution < 1.29 is 24.2 Å². The second-order valence-corrected chi connectivity index (χ2v) is 11.5. The molecule has 0 aliphatic heterocycles. The molecule has 0 saturated heterocycles. The van der Waals surface area contributed by atoms with E-state index in [1.807, 2.05) is 62.7 Å². The Bertz CT molecular complexity index is 1530. The number of nitrogens with zero attached hydrogens (tertiary/aromatic N) is 4. The highest BCUT2D eigenvalue weighted by Gasteiger charge is 2.26. The number of aryl methyl sites for hydroxylation is 1. The van der Waals surface area contributed by atoms with Crippen molar-refractivity contribution in [2.24, 2.45) is 7.05 Å². The van der Waals surface area contributed by atoms with Crippen LogP contribution in [0.4, 0.5) is 15.4 Å². The van der Waals surface area contributed by atoms with Crippen LogP contribution >= 0.6 is 0 Å². The van der Waals surface area contributed by atoms with Crippen molar-refractivity contribution in [3.8, 4) is 11.3 Å². The number of pyridine rings is 1. The van der Waals surface area contributed by atoms with Gasteiger partial charge in [-0.3, -0.25) is 4.90 Å². The molecule has 1 aromatic carbocycles. The van der Waals surface area contributed by atoms with Crippen LogP contribution in [-0.2, 0) is 16.5 Å². The molecule has 0 aliphatic rings. The normalized spacial score (nSPS) is 12.9. The summed E-state index contributed by atoms with van der Waals surface area (Å²) in [4.78, 5) is 39.1. The van der Waals surface area contributed by atoms with E-state index < -0.39 is 29.4 Å². The number of hydrogen-bond acceptors (Lipinski definition) is 7. The predicted molar refractivity (Wildman–Crippen MR) is 150 cm³/mol. The summed E-state index contributed by atoms with van der Waals surface area (Å²) < 4.78 is 12.8. The third-order valence-electron chi connectivity index (χ3n) is 5.88. The number of hydrogen-bond donors (Lipinski definition) is 3. The first-order valence-electron chi connectivity index (χ1n) is 12.7. The van der Waals surface area contributed by atoms with Gasteiger partial charge in [0.05, 0.1) is 24.5 Å². The van der Waals surface area contributed by atoms with E-state index in [0.29, 0.717) is 22.5 Å². The van der Waals surface area contributed by atoms with Gasteiger partial charge in [-0.05, 0) is 64.8 Å². The molecule has 3 N–H and O–H groups in total. The van der Waals surface area contributed by atoms with Gasteiger partial charge in [-0.15, -0.1) is 0 Å². The molecule has 3 aromatic heterocycles. The maximum absolute atomic E-state index is 12.8. The summed E-state index contributed by atoms with van der Waals surface area (Å²) in [6.07, 6.45) is 0.537. The molecule has 1 atom stereocenters. The zero-order chi connectivity index (χ0) is 28.7. The lowest BCUT2D eigenvalue weighted by Crippen LogP contribution is -2.36. The van der Waals surface area contributed by atoms with E-state index in [2.05, 4.69) is 15.3 Å². The monoisotopic (exact) mass is 536 g/mol. The van der Waals surface area contributed by atoms with E-state index in [4.69, 9.17) is 14.5 Å². The number of nitrogens with one attached hydrogen (secondary N) is 2. The van der Waals surface area contributed by atoms with Crippen molar-refractivity contribution in [2.75, 3.05) is 18.6 Å². The standard InChI is InChI=1S/C28H36N6O5/c1-27(2,3)38-25(36)31-20(14-35)17-11-9-10-16(12-17)19-13-18-22-21(29-15-33(22)7)24(32-23(18)30-19)34(8)26(37)39-28(4,5)6/h9-13,15,20,35H,14H2,1-8H3,(H,30,32)(H,31,36)/t20-/m1/s1. The minimum Gasteiger partial charge on any atom is -0.444 e. The van der Waals surface area contributed by atoms with Crippen LogP contribution in [0.3, 0.4) is 0 Å². The number of carbonyl (C=O) groups is 2. The second kappa shape index (κ2) is 10.2. The van der Waals surface area contributed by atoms with Crippen molar-refractivity contribution >= 4 is 40.1 Å². The van der Waals surface area contributed by atoms with E-state index in [-0.39, 0.29) is 6.61 Å². The number of benzene rings is 1. The summed E-state index contributed by atoms with van der Waals surface area (Å²) in [5, 5.41) is 13.5. The molecule has 11 heteroatoms. The van der Waals surface area contributed by atoms with Crippen LogP contribution in [0.1, 0.15) is 53.1 Å². The Morgan fingerprint density at radius 1 is 1.13 bits per heavy atom. The Labute approximate surface area is 227 Å². The number of aromatic amines is 1. The topological polar surface area (TPSA) is 135 Å². The number of imidazole rings is 1. The molecule has 4 rings (SSSR count). The van der Waals surface area contributed by atoms with Gasteiger partial charge in [-0.1, -0.05) is 18.2 Å². The van der Waals surface area contributed by atoms with E-state index in [1.54, 1.807) is 34.1 Å². The van der Waals surface area contributed by atoms with Gasteiger partial charge < -0.3 is 29.4 Å². The van der Waals surface area contributed by atoms with Crippen molar-refractivity contribution in [1.29, 1.82) is 0 Å². The Balaban J connectivity index is 1.73. The molecule has 0 saturated carbocycles. The summed E-state index contributed by atoms with van der Waals surface area (Å²) >= 11 is 0. The number of rotatable bonds is 5. The van der Waals surface area contributed by atoms with E-state index >= 15 is 0 Å². The van der Waals surface area contributed by atoms with Gasteiger partial charge >= 0.3 is 12.2 Å². The van der Waals surface area contributed by atoms with Crippen molar-refractivity contribution in [1.82, 2.24) is 24.8 Å². The van der Waals surface area contributed by atoms with Gasteiger partial charge in [-0.25, -0.2) is 19.6 Å². The first-order chi connectivity index (χ1) is 18.2. The number of aliphatic hydroxyl groups is 1. The molecule has 0 aliphatic carbocycles. The van der Waals surface area contributed by atoms with E-state index in [1.165, 1.54) is 4.90 Å². The highest BCUT2D eigenvalue weighted by molar-refractivity contribution is 6.09. The van der Waals surface area contributed by atoms with Gasteiger partial charge in [0.2, 0.25) is 0 Å². The van der Waals surface area contributed by atoms with Crippen LogP contribution in [0.25, 0.3) is 33.3 Å². The Morgan fingerprint density at radius 3 is 2.46 bits per heavy atom. The maximum atomic E-state index is 12.8. The smallest absolute Gasteiger partial charge is 0.415 e. The number of fused-ring (bicyclic) bond motifs is 3. The van der Waals surface area contributed by atoms with Gasteiger partial charge in [0.15, 0.2) is 5.82 Å². The molecule has 4 aromatic rings. The van der Waals surface area contributed by atoms with Crippen LogP contribution in [0.5, 0.6) is 0 Å². The molecule has 11 nitrogen and oxygen atoms in total. The molecule has 0 radical (unpaired) electrons. The van der Waals surface area contributed by atoms with Crippen LogP contribution in [0.15, 0.2) is 36.7 Å². The Morgan fingerprint density at radius 2 is 1.82 bits per heavy atom. The summed E-state index contributed by atoms with van der Waals surface area (Å²) in [6.45, 7) is 10.5. The summed E-state index contributed by atoms with van der Waals surface area (Å²) in [7, 11) is 3.49. The number of H-pyrrole nitrogens is 1. The first-order valence-corrected chi connectivity index (χ1v) is 12.7. The quantitative estimate of drug-likeness (QED) is 0.325. The summed E-state index contributed by atoms with van der Waals surface area (Å²) in [5.74, 6) is 0.372. The third-order valence-corrected chi connectivity index (χ3v) is 5.88. The molecule has 2 amide bonds. The fourth-order valence-corrected chi connectivity index (χ4v) is 4.20. The number of anilines is 1. The van der Waals surface area contributed by atoms with Crippen LogP contribution in [-0.4, -0.2) is 61.7 Å². The molecule has 0 spiro atoms. The largest absolute Gasteiger partial charge is 0.444 e. The van der Waals surface area contributed by atoms with Crippen LogP contribution in [0, 0.1) is 0 Å². The highest BCUT2D eigenvalue weighted by Crippen LogP contribution is 2.34. The highest BCUT2D eigenvalue weighted by atomic mass is 16.6. The minimum atomic E-state index is -0.659. The average molecular weight is 537 g/mol. The van der Waals surface area contributed by atoms with E-state index in [0.717, 1.165) is 22.2 Å². The molecule has 0 unspecified atom stereocenters. The second-order valence-electron chi connectivity index (χ2n) is 11.5. The predicted octanol–water partition coefficient (Wildman–Crippen LogP) is 5.05. The number of aliphatic hydroxyl groups excluding tert-OH is 1. The zero-order valence-electron chi connectivity index (χ0n) is 23.6. The summed E-state index contributed by atoms with van der Waals surface area (Å²) in [6, 6.07) is 8.81. The minimum absolute atomic E-state index is 0.299. The Hall–Kier alpha value is -4.12. The number of amides is 2. The van der Waals surface area contributed by atoms with Gasteiger partial charge in [0, 0.05) is 25.2 Å². The molecule has 0 bridgehead atoms. The van der Waals surface area contributed by atoms with Crippen molar-refractivity contribution in [2.45, 2.75) is 58.8 Å². The number of carbonyl (C=O) groups excluding carboxylic acids is 2. The summed E-state index contributed by atoms with van der Waals surface area (Å²) in [5.41, 5.74) is 2.94. The lowest BCUT2D eigenvalue weighted by Gasteiger charge is -2.24. The molecular formula is C28H36N6O5. The lowest BCUT2D eigenvalue weighted by molar-refractivity contribution is 0.0481. The molecule has 3 heterocycles. The molecule has 39 heavy (non-hydrogen) atoms. The molecule has 208 valence electrons. The van der Waals surface area contributed by atoms with Crippen molar-refractivity contribution in [3.63, 3.8) is 0 Å². The van der Waals surface area contributed by atoms with Crippen molar-refractivity contribution in [3.05, 3.63) is 42.2 Å². The SMILES string of the molecule is CN(C(=O)OC(C)(C)C)c1nc2[nH]c(-c3cccc([C@@H](CO)NC(=O)OC(C)(C)C)c3)cc2c2c1ncn2C. The van der Waals surface area contributed by atoms with Gasteiger partial charge in [0.1, 0.15) is 22.4 Å². The third kappa shape index (κ3) is 6.14. The lowest BCUT2D eigenvalue weighted by atomic mass is 10.0. The van der Waals surface area contributed by atoms with Gasteiger partial charge in [-0.2, -0.15) is 0 Å². The fraction of sp³-hybridized carbons (Fsp3) is 0.429. The fourth-order valence-electron chi connectivity index (χ4n) is 4.20. The Kier molecular flexibility index (Phi) is 7.31. The maximum Gasteiger partial charge on any atom is 0.415 e. The van der Waals surface area contributed by atoms with Gasteiger partial charge in [0.25, 0.3) is 0 Å². The molecular weight excluding hydrogens is 500 g/mol.